The minimum absolute atomic E-state index is 0.255. The highest BCUT2D eigenvalue weighted by molar-refractivity contribution is 7.80. The van der Waals surface area contributed by atoms with Crippen LogP contribution < -0.4 is 19.9 Å². The molecule has 3 aromatic rings. The molecule has 0 unspecified atom stereocenters. The van der Waals surface area contributed by atoms with E-state index < -0.39 is 11.6 Å². The standard InChI is InChI=1S/C27H27N3O4S/c1-29(2)17-6-9-21-23(14-17)33-24-15-18(30(3)4)7-10-22(24)27(21)20-8-5-16(25(31)28-11-12-35)13-19(20)26(32)34-27/h5-10,13-15,35H,11-12H2,1-4H3,(H,28,31). The van der Waals surface area contributed by atoms with Crippen molar-refractivity contribution in [2.45, 2.75) is 5.60 Å². The van der Waals surface area contributed by atoms with Gasteiger partial charge in [-0.05, 0) is 36.4 Å². The molecule has 0 bridgehead atoms. The average Bonchev–Trinajstić information content (AvgIpc) is 3.14. The summed E-state index contributed by atoms with van der Waals surface area (Å²) < 4.78 is 12.6. The second kappa shape index (κ2) is 8.53. The smallest absolute Gasteiger partial charge is 0.340 e. The lowest BCUT2D eigenvalue weighted by molar-refractivity contribution is 0.0224. The molecule has 7 nitrogen and oxygen atoms in total. The molecule has 8 heteroatoms. The summed E-state index contributed by atoms with van der Waals surface area (Å²) >= 11 is 4.14. The predicted octanol–water partition coefficient (Wildman–Crippen LogP) is 4.05. The molecule has 0 fully saturated rings. The van der Waals surface area contributed by atoms with Gasteiger partial charge in [-0.2, -0.15) is 12.6 Å². The first-order valence-electron chi connectivity index (χ1n) is 11.3. The number of fused-ring (bicyclic) bond motifs is 6. The van der Waals surface area contributed by atoms with E-state index in [2.05, 4.69) is 17.9 Å². The van der Waals surface area contributed by atoms with Crippen molar-refractivity contribution >= 4 is 35.9 Å². The maximum atomic E-state index is 13.3. The molecule has 1 spiro atoms. The van der Waals surface area contributed by atoms with Gasteiger partial charge in [0.1, 0.15) is 11.5 Å². The van der Waals surface area contributed by atoms with Gasteiger partial charge < -0.3 is 24.6 Å². The summed E-state index contributed by atoms with van der Waals surface area (Å²) in [5.74, 6) is 1.04. The van der Waals surface area contributed by atoms with Crippen LogP contribution in [0.25, 0.3) is 0 Å². The zero-order chi connectivity index (χ0) is 24.9. The number of esters is 1. The quantitative estimate of drug-likeness (QED) is 0.416. The Kier molecular flexibility index (Phi) is 5.63. The molecular formula is C27H27N3O4S. The van der Waals surface area contributed by atoms with Gasteiger partial charge in [0.2, 0.25) is 0 Å². The molecule has 35 heavy (non-hydrogen) atoms. The zero-order valence-corrected chi connectivity index (χ0v) is 21.0. The molecule has 1 amide bonds. The van der Waals surface area contributed by atoms with Crippen LogP contribution in [0.4, 0.5) is 11.4 Å². The number of thiol groups is 1. The van der Waals surface area contributed by atoms with Gasteiger partial charge in [0.05, 0.1) is 5.56 Å². The summed E-state index contributed by atoms with van der Waals surface area (Å²) in [5.41, 5.74) is 3.70. The van der Waals surface area contributed by atoms with Gasteiger partial charge in [-0.15, -0.1) is 0 Å². The van der Waals surface area contributed by atoms with Crippen LogP contribution in [-0.2, 0) is 10.3 Å². The summed E-state index contributed by atoms with van der Waals surface area (Å²) in [6, 6.07) is 16.9. The van der Waals surface area contributed by atoms with E-state index in [0.717, 1.165) is 22.5 Å². The van der Waals surface area contributed by atoms with Gasteiger partial charge in [0, 0.05) is 86.2 Å². The summed E-state index contributed by atoms with van der Waals surface area (Å²) in [7, 11) is 7.85. The second-order valence-electron chi connectivity index (χ2n) is 9.06. The summed E-state index contributed by atoms with van der Waals surface area (Å²) in [4.78, 5) is 29.8. The number of rotatable bonds is 5. The van der Waals surface area contributed by atoms with Crippen LogP contribution >= 0.6 is 12.6 Å². The number of carbonyl (C=O) groups excluding carboxylic acids is 2. The summed E-state index contributed by atoms with van der Waals surface area (Å²) in [6.45, 7) is 0.438. The Bertz CT molecular complexity index is 1290. The fourth-order valence-corrected chi connectivity index (χ4v) is 4.79. The number of nitrogens with one attached hydrogen (secondary N) is 1. The van der Waals surface area contributed by atoms with Gasteiger partial charge in [-0.25, -0.2) is 4.79 Å². The first-order valence-corrected chi connectivity index (χ1v) is 12.0. The van der Waals surface area contributed by atoms with Crippen molar-refractivity contribution in [2.24, 2.45) is 0 Å². The maximum Gasteiger partial charge on any atom is 0.340 e. The van der Waals surface area contributed by atoms with Crippen molar-refractivity contribution in [1.82, 2.24) is 5.32 Å². The van der Waals surface area contributed by atoms with Gasteiger partial charge in [0.25, 0.3) is 5.91 Å². The van der Waals surface area contributed by atoms with Gasteiger partial charge >= 0.3 is 5.97 Å². The molecule has 0 saturated heterocycles. The topological polar surface area (TPSA) is 71.1 Å². The Labute approximate surface area is 210 Å². The first kappa shape index (κ1) is 23.1. The number of anilines is 2. The van der Waals surface area contributed by atoms with E-state index in [-0.39, 0.29) is 5.91 Å². The molecule has 0 radical (unpaired) electrons. The summed E-state index contributed by atoms with van der Waals surface area (Å²) in [6.07, 6.45) is 0. The Morgan fingerprint density at radius 2 is 1.46 bits per heavy atom. The highest BCUT2D eigenvalue weighted by atomic mass is 32.1. The Balaban J connectivity index is 1.73. The third-order valence-corrected chi connectivity index (χ3v) is 6.69. The van der Waals surface area contributed by atoms with Gasteiger partial charge in [-0.1, -0.05) is 6.07 Å². The highest BCUT2D eigenvalue weighted by Crippen LogP contribution is 2.57. The second-order valence-corrected chi connectivity index (χ2v) is 9.51. The maximum absolute atomic E-state index is 13.3. The molecular weight excluding hydrogens is 462 g/mol. The molecule has 5 rings (SSSR count). The van der Waals surface area contributed by atoms with Crippen LogP contribution in [0.5, 0.6) is 11.5 Å². The van der Waals surface area contributed by atoms with Gasteiger partial charge in [-0.3, -0.25) is 4.79 Å². The van der Waals surface area contributed by atoms with Crippen molar-refractivity contribution in [3.05, 3.63) is 82.4 Å². The monoisotopic (exact) mass is 489 g/mol. The third-order valence-electron chi connectivity index (χ3n) is 6.47. The van der Waals surface area contributed by atoms with Crippen molar-refractivity contribution in [3.8, 4) is 11.5 Å². The van der Waals surface area contributed by atoms with Crippen LogP contribution in [0.2, 0.25) is 0 Å². The SMILES string of the molecule is CN(C)c1ccc2c(c1)Oc1cc(N(C)C)ccc1C21OC(=O)c2cc(C(=O)NCCS)ccc21. The predicted molar refractivity (Wildman–Crippen MR) is 140 cm³/mol. The number of hydrogen-bond acceptors (Lipinski definition) is 7. The van der Waals surface area contributed by atoms with Crippen LogP contribution in [0, 0.1) is 0 Å². The molecule has 1 N–H and O–H groups in total. The molecule has 0 aliphatic carbocycles. The van der Waals surface area contributed by atoms with Crippen LogP contribution in [-0.4, -0.2) is 52.4 Å². The Hall–Kier alpha value is -3.65. The molecule has 2 aliphatic rings. The van der Waals surface area contributed by atoms with E-state index >= 15 is 0 Å². The van der Waals surface area contributed by atoms with Crippen molar-refractivity contribution in [1.29, 1.82) is 0 Å². The number of nitrogens with zero attached hydrogens (tertiary/aromatic N) is 2. The number of benzene rings is 3. The fraction of sp³-hybridized carbons (Fsp3) is 0.259. The molecule has 2 aliphatic heterocycles. The summed E-state index contributed by atoms with van der Waals surface area (Å²) in [5, 5.41) is 2.79. The molecule has 0 aromatic heterocycles. The average molecular weight is 490 g/mol. The van der Waals surface area contributed by atoms with E-state index in [1.807, 2.05) is 80.5 Å². The van der Waals surface area contributed by atoms with Crippen molar-refractivity contribution in [2.75, 3.05) is 50.3 Å². The van der Waals surface area contributed by atoms with E-state index in [0.29, 0.717) is 40.5 Å². The first-order chi connectivity index (χ1) is 16.8. The molecule has 180 valence electrons. The van der Waals surface area contributed by atoms with Crippen molar-refractivity contribution < 1.29 is 19.1 Å². The number of carbonyl (C=O) groups is 2. The number of hydrogen-bond donors (Lipinski definition) is 2. The minimum atomic E-state index is -1.18. The van der Waals surface area contributed by atoms with Crippen molar-refractivity contribution in [3.63, 3.8) is 0 Å². The van der Waals surface area contributed by atoms with Crippen LogP contribution in [0.3, 0.4) is 0 Å². The van der Waals surface area contributed by atoms with Gasteiger partial charge in [0.15, 0.2) is 5.60 Å². The van der Waals surface area contributed by atoms with Crippen LogP contribution in [0.15, 0.2) is 54.6 Å². The molecule has 0 atom stereocenters. The fourth-order valence-electron chi connectivity index (χ4n) is 4.67. The van der Waals surface area contributed by atoms with E-state index in [1.54, 1.807) is 12.1 Å². The van der Waals surface area contributed by atoms with Crippen LogP contribution in [0.1, 0.15) is 37.4 Å². The zero-order valence-electron chi connectivity index (χ0n) is 20.1. The molecule has 0 saturated carbocycles. The Morgan fingerprint density at radius 3 is 2.00 bits per heavy atom. The molecule has 2 heterocycles. The lowest BCUT2D eigenvalue weighted by atomic mass is 9.77. The van der Waals surface area contributed by atoms with E-state index in [4.69, 9.17) is 9.47 Å². The third kappa shape index (κ3) is 3.60. The molecule has 3 aromatic carbocycles. The van der Waals surface area contributed by atoms with E-state index in [9.17, 15) is 9.59 Å². The Morgan fingerprint density at radius 1 is 0.886 bits per heavy atom. The minimum Gasteiger partial charge on any atom is -0.456 e. The highest BCUT2D eigenvalue weighted by Gasteiger charge is 2.53. The largest absolute Gasteiger partial charge is 0.456 e. The van der Waals surface area contributed by atoms with E-state index in [1.165, 1.54) is 0 Å². The lowest BCUT2D eigenvalue weighted by Crippen LogP contribution is -2.33. The number of amides is 1. The normalized spacial score (nSPS) is 14.4. The lowest BCUT2D eigenvalue weighted by Gasteiger charge is -2.37. The number of ether oxygens (including phenoxy) is 2.